The van der Waals surface area contributed by atoms with Gasteiger partial charge in [0.25, 0.3) is 17.4 Å². The largest absolute Gasteiger partial charge is 0.365 e. The molecule has 0 unspecified atom stereocenters. The van der Waals surface area contributed by atoms with Gasteiger partial charge in [-0.05, 0) is 31.0 Å². The molecule has 2 aromatic heterocycles. The Bertz CT molecular complexity index is 1370. The van der Waals surface area contributed by atoms with Gasteiger partial charge in [-0.15, -0.1) is 11.3 Å². The molecule has 4 aromatic rings. The first kappa shape index (κ1) is 20.5. The van der Waals surface area contributed by atoms with Crippen LogP contribution in [0.5, 0.6) is 0 Å². The van der Waals surface area contributed by atoms with E-state index < -0.39 is 11.8 Å². The molecule has 156 valence electrons. The van der Waals surface area contributed by atoms with Crippen molar-refractivity contribution in [1.82, 2.24) is 9.78 Å². The summed E-state index contributed by atoms with van der Waals surface area (Å²) in [6, 6.07) is 16.3. The number of fused-ring (bicyclic) bond motifs is 1. The summed E-state index contributed by atoms with van der Waals surface area (Å²) >= 11 is 1.28. The Morgan fingerprint density at radius 1 is 1.03 bits per heavy atom. The maximum Gasteiger partial charge on any atom is 0.277 e. The number of nitrogens with zero attached hydrogens (tertiary/aromatic N) is 2. The van der Waals surface area contributed by atoms with Gasteiger partial charge in [-0.1, -0.05) is 48.5 Å². The summed E-state index contributed by atoms with van der Waals surface area (Å²) in [5, 5.41) is 8.36. The predicted molar refractivity (Wildman–Crippen MR) is 122 cm³/mol. The molecule has 2 aromatic carbocycles. The molecule has 0 radical (unpaired) electrons. The minimum atomic E-state index is -0.607. The van der Waals surface area contributed by atoms with Crippen LogP contribution in [0.3, 0.4) is 0 Å². The highest BCUT2D eigenvalue weighted by Gasteiger charge is 2.22. The average Bonchev–Trinajstić information content (AvgIpc) is 3.04. The number of rotatable bonds is 5. The van der Waals surface area contributed by atoms with E-state index in [0.717, 1.165) is 16.0 Å². The zero-order valence-corrected chi connectivity index (χ0v) is 17.8. The fourth-order valence-electron chi connectivity index (χ4n) is 3.44. The first-order valence-corrected chi connectivity index (χ1v) is 10.4. The molecular formula is C23H20N4O3S. The number of thiophene rings is 1. The Morgan fingerprint density at radius 3 is 2.35 bits per heavy atom. The lowest BCUT2D eigenvalue weighted by Gasteiger charge is -2.11. The fourth-order valence-corrected chi connectivity index (χ4v) is 4.50. The zero-order chi connectivity index (χ0) is 22.1. The van der Waals surface area contributed by atoms with Crippen LogP contribution in [0, 0.1) is 13.8 Å². The standard InChI is InChI=1S/C23H20N4O3S/c1-13-14(2)31-22(18(13)20(24)28)25-21(29)19-16-10-6-7-11-17(16)23(30)27(26-19)12-15-8-4-3-5-9-15/h3-11H,12H2,1-2H3,(H2,24,28)(H,25,29). The van der Waals surface area contributed by atoms with Crippen LogP contribution in [-0.4, -0.2) is 21.6 Å². The quantitative estimate of drug-likeness (QED) is 0.503. The maximum atomic E-state index is 13.2. The Hall–Kier alpha value is -3.78. The van der Waals surface area contributed by atoms with Crippen molar-refractivity contribution in [3.05, 3.63) is 92.2 Å². The first-order chi connectivity index (χ1) is 14.9. The van der Waals surface area contributed by atoms with Crippen LogP contribution in [0.4, 0.5) is 5.00 Å². The number of amides is 2. The smallest absolute Gasteiger partial charge is 0.277 e. The molecule has 4 rings (SSSR count). The third-order valence-electron chi connectivity index (χ3n) is 5.12. The van der Waals surface area contributed by atoms with Crippen molar-refractivity contribution in [2.24, 2.45) is 5.73 Å². The van der Waals surface area contributed by atoms with Crippen LogP contribution >= 0.6 is 11.3 Å². The molecule has 2 heterocycles. The summed E-state index contributed by atoms with van der Waals surface area (Å²) in [5.74, 6) is -1.12. The van der Waals surface area contributed by atoms with Gasteiger partial charge in [-0.3, -0.25) is 14.4 Å². The molecule has 0 atom stereocenters. The van der Waals surface area contributed by atoms with Gasteiger partial charge in [0.1, 0.15) is 5.00 Å². The molecule has 7 nitrogen and oxygen atoms in total. The van der Waals surface area contributed by atoms with E-state index in [2.05, 4.69) is 10.4 Å². The van der Waals surface area contributed by atoms with Crippen molar-refractivity contribution in [2.45, 2.75) is 20.4 Å². The summed E-state index contributed by atoms with van der Waals surface area (Å²) in [6.07, 6.45) is 0. The Labute approximate surface area is 182 Å². The average molecular weight is 433 g/mol. The van der Waals surface area contributed by atoms with Crippen LogP contribution in [0.25, 0.3) is 10.8 Å². The molecule has 0 aliphatic heterocycles. The molecule has 0 bridgehead atoms. The Balaban J connectivity index is 1.81. The molecule has 8 heteroatoms. The summed E-state index contributed by atoms with van der Waals surface area (Å²) in [4.78, 5) is 39.0. The van der Waals surface area contributed by atoms with Crippen molar-refractivity contribution in [1.29, 1.82) is 0 Å². The predicted octanol–water partition coefficient (Wildman–Crippen LogP) is 3.47. The molecule has 0 aliphatic rings. The number of anilines is 1. The SMILES string of the molecule is Cc1sc(NC(=O)c2nn(Cc3ccccc3)c(=O)c3ccccc23)c(C(N)=O)c1C. The third kappa shape index (κ3) is 3.85. The lowest BCUT2D eigenvalue weighted by atomic mass is 10.1. The van der Waals surface area contributed by atoms with Gasteiger partial charge >= 0.3 is 0 Å². The molecule has 3 N–H and O–H groups in total. The second kappa shape index (κ2) is 8.16. The highest BCUT2D eigenvalue weighted by Crippen LogP contribution is 2.32. The van der Waals surface area contributed by atoms with Gasteiger partial charge in [-0.2, -0.15) is 5.10 Å². The number of carbonyl (C=O) groups is 2. The van der Waals surface area contributed by atoms with Gasteiger partial charge in [0.05, 0.1) is 17.5 Å². The third-order valence-corrected chi connectivity index (χ3v) is 6.24. The fraction of sp³-hybridized carbons (Fsp3) is 0.130. The van der Waals surface area contributed by atoms with Crippen LogP contribution in [-0.2, 0) is 6.54 Å². The molecule has 0 saturated heterocycles. The van der Waals surface area contributed by atoms with Crippen LogP contribution < -0.4 is 16.6 Å². The number of nitrogens with two attached hydrogens (primary N) is 1. The number of nitrogens with one attached hydrogen (secondary N) is 1. The molecule has 31 heavy (non-hydrogen) atoms. The van der Waals surface area contributed by atoms with Crippen LogP contribution in [0.15, 0.2) is 59.4 Å². The summed E-state index contributed by atoms with van der Waals surface area (Å²) in [7, 11) is 0. The molecule has 2 amide bonds. The topological polar surface area (TPSA) is 107 Å². The van der Waals surface area contributed by atoms with Crippen LogP contribution in [0.2, 0.25) is 0 Å². The number of aromatic nitrogens is 2. The van der Waals surface area contributed by atoms with E-state index in [0.29, 0.717) is 15.8 Å². The molecule has 0 fully saturated rings. The summed E-state index contributed by atoms with van der Waals surface area (Å²) in [6.45, 7) is 3.87. The number of hydrogen-bond donors (Lipinski definition) is 2. The van der Waals surface area contributed by atoms with Gasteiger partial charge in [0, 0.05) is 10.3 Å². The number of aryl methyl sites for hydroxylation is 1. The number of carbonyl (C=O) groups excluding carboxylic acids is 2. The second-order valence-corrected chi connectivity index (χ2v) is 8.37. The van der Waals surface area contributed by atoms with E-state index in [1.807, 2.05) is 37.3 Å². The monoisotopic (exact) mass is 432 g/mol. The van der Waals surface area contributed by atoms with Gasteiger partial charge in [0.15, 0.2) is 5.69 Å². The number of primary amides is 1. The van der Waals surface area contributed by atoms with Crippen molar-refractivity contribution >= 4 is 38.9 Å². The van der Waals surface area contributed by atoms with Crippen molar-refractivity contribution < 1.29 is 9.59 Å². The molecular weight excluding hydrogens is 412 g/mol. The highest BCUT2D eigenvalue weighted by atomic mass is 32.1. The minimum absolute atomic E-state index is 0.102. The van der Waals surface area contributed by atoms with Gasteiger partial charge in [0.2, 0.25) is 0 Å². The minimum Gasteiger partial charge on any atom is -0.365 e. The van der Waals surface area contributed by atoms with Crippen molar-refractivity contribution in [3.8, 4) is 0 Å². The number of hydrogen-bond acceptors (Lipinski definition) is 5. The van der Waals surface area contributed by atoms with E-state index in [4.69, 9.17) is 5.73 Å². The molecule has 0 spiro atoms. The summed E-state index contributed by atoms with van der Waals surface area (Å²) in [5.41, 5.74) is 7.25. The van der Waals surface area contributed by atoms with Crippen molar-refractivity contribution in [3.63, 3.8) is 0 Å². The number of benzene rings is 2. The lowest BCUT2D eigenvalue weighted by molar-refractivity contribution is 0.100. The normalized spacial score (nSPS) is 10.9. The highest BCUT2D eigenvalue weighted by molar-refractivity contribution is 7.16. The Morgan fingerprint density at radius 2 is 1.68 bits per heavy atom. The zero-order valence-electron chi connectivity index (χ0n) is 17.0. The first-order valence-electron chi connectivity index (χ1n) is 9.61. The lowest BCUT2D eigenvalue weighted by Crippen LogP contribution is -2.28. The summed E-state index contributed by atoms with van der Waals surface area (Å²) < 4.78 is 1.28. The van der Waals surface area contributed by atoms with E-state index in [9.17, 15) is 14.4 Å². The Kier molecular flexibility index (Phi) is 5.39. The molecule has 0 saturated carbocycles. The molecule has 0 aliphatic carbocycles. The van der Waals surface area contributed by atoms with Gasteiger partial charge in [-0.25, -0.2) is 4.68 Å². The maximum absolute atomic E-state index is 13.2. The van der Waals surface area contributed by atoms with Crippen LogP contribution in [0.1, 0.15) is 36.9 Å². The van der Waals surface area contributed by atoms with Crippen molar-refractivity contribution in [2.75, 3.05) is 5.32 Å². The van der Waals surface area contributed by atoms with Gasteiger partial charge < -0.3 is 11.1 Å². The van der Waals surface area contributed by atoms with E-state index in [-0.39, 0.29) is 23.4 Å². The van der Waals surface area contributed by atoms with E-state index >= 15 is 0 Å². The van der Waals surface area contributed by atoms with E-state index in [1.165, 1.54) is 16.0 Å². The second-order valence-electron chi connectivity index (χ2n) is 7.15. The van der Waals surface area contributed by atoms with E-state index in [1.54, 1.807) is 31.2 Å².